The molecule has 5 heteroatoms. The van der Waals surface area contributed by atoms with Gasteiger partial charge < -0.3 is 15.5 Å². The van der Waals surface area contributed by atoms with Crippen LogP contribution in [0.5, 0.6) is 0 Å². The maximum Gasteiger partial charge on any atom is 0.251 e. The largest absolute Gasteiger partial charge is 0.351 e. The zero-order chi connectivity index (χ0) is 15.1. The van der Waals surface area contributed by atoms with Crippen LogP contribution in [-0.2, 0) is 6.54 Å². The number of rotatable bonds is 6. The zero-order valence-corrected chi connectivity index (χ0v) is 13.1. The Bertz CT molecular complexity index is 455. The minimum absolute atomic E-state index is 0.0130. The van der Waals surface area contributed by atoms with Crippen LogP contribution < -0.4 is 10.6 Å². The van der Waals surface area contributed by atoms with Crippen LogP contribution in [0.3, 0.4) is 0 Å². The van der Waals surface area contributed by atoms with Gasteiger partial charge in [0.2, 0.25) is 0 Å². The third-order valence-corrected chi connectivity index (χ3v) is 3.65. The highest BCUT2D eigenvalue weighted by Gasteiger charge is 2.11. The minimum atomic E-state index is 0.0130. The zero-order valence-electron chi connectivity index (χ0n) is 13.1. The van der Waals surface area contributed by atoms with Crippen molar-refractivity contribution in [2.75, 3.05) is 53.4 Å². The van der Waals surface area contributed by atoms with E-state index in [4.69, 9.17) is 0 Å². The number of carbonyl (C=O) groups is 1. The molecule has 0 aromatic heterocycles. The molecule has 21 heavy (non-hydrogen) atoms. The highest BCUT2D eigenvalue weighted by molar-refractivity contribution is 5.94. The Morgan fingerprint density at radius 1 is 1.33 bits per heavy atom. The maximum atomic E-state index is 12.1. The van der Waals surface area contributed by atoms with Gasteiger partial charge in [0.1, 0.15) is 0 Å². The van der Waals surface area contributed by atoms with Crippen molar-refractivity contribution in [3.63, 3.8) is 0 Å². The van der Waals surface area contributed by atoms with E-state index in [1.807, 2.05) is 32.3 Å². The van der Waals surface area contributed by atoms with Crippen LogP contribution in [0.2, 0.25) is 0 Å². The quantitative estimate of drug-likeness (QED) is 0.795. The van der Waals surface area contributed by atoms with Gasteiger partial charge in [-0.15, -0.1) is 0 Å². The minimum Gasteiger partial charge on any atom is -0.351 e. The number of amides is 1. The van der Waals surface area contributed by atoms with Gasteiger partial charge in [-0.05, 0) is 31.8 Å². The van der Waals surface area contributed by atoms with Gasteiger partial charge in [-0.3, -0.25) is 9.69 Å². The molecule has 2 N–H and O–H groups in total. The second-order valence-corrected chi connectivity index (χ2v) is 5.79. The van der Waals surface area contributed by atoms with Gasteiger partial charge in [-0.2, -0.15) is 0 Å². The number of nitrogens with one attached hydrogen (secondary N) is 2. The van der Waals surface area contributed by atoms with E-state index in [1.165, 1.54) is 5.56 Å². The number of benzene rings is 1. The summed E-state index contributed by atoms with van der Waals surface area (Å²) in [5, 5.41) is 6.31. The van der Waals surface area contributed by atoms with Gasteiger partial charge in [0, 0.05) is 51.4 Å². The molecule has 5 nitrogen and oxygen atoms in total. The summed E-state index contributed by atoms with van der Waals surface area (Å²) in [6, 6.07) is 7.95. The van der Waals surface area contributed by atoms with E-state index in [0.29, 0.717) is 6.54 Å². The highest BCUT2D eigenvalue weighted by atomic mass is 16.1. The number of hydrogen-bond acceptors (Lipinski definition) is 4. The fraction of sp³-hybridized carbons (Fsp3) is 0.562. The lowest BCUT2D eigenvalue weighted by atomic mass is 10.1. The first-order valence-electron chi connectivity index (χ1n) is 7.60. The molecule has 1 aliphatic heterocycles. The maximum absolute atomic E-state index is 12.1. The lowest BCUT2D eigenvalue weighted by molar-refractivity contribution is 0.0951. The first kappa shape index (κ1) is 15.9. The first-order chi connectivity index (χ1) is 10.1. The van der Waals surface area contributed by atoms with Gasteiger partial charge in [-0.1, -0.05) is 12.1 Å². The SMILES string of the molecule is CN(C)CCNC(=O)c1cccc(CN2CCNCC2)c1. The molecule has 1 aliphatic rings. The molecule has 1 aromatic carbocycles. The van der Waals surface area contributed by atoms with E-state index in [1.54, 1.807) is 0 Å². The molecule has 0 unspecified atom stereocenters. The molecular weight excluding hydrogens is 264 g/mol. The van der Waals surface area contributed by atoms with Gasteiger partial charge in [-0.25, -0.2) is 0 Å². The van der Waals surface area contributed by atoms with Crippen LogP contribution in [0.15, 0.2) is 24.3 Å². The van der Waals surface area contributed by atoms with E-state index in [-0.39, 0.29) is 5.91 Å². The Morgan fingerprint density at radius 3 is 2.81 bits per heavy atom. The summed E-state index contributed by atoms with van der Waals surface area (Å²) in [5.74, 6) is 0.0130. The number of likely N-dealkylation sites (N-methyl/N-ethyl adjacent to an activating group) is 1. The molecule has 1 fully saturated rings. The Balaban J connectivity index is 1.88. The molecule has 2 rings (SSSR count). The third kappa shape index (κ3) is 5.46. The number of hydrogen-bond donors (Lipinski definition) is 2. The summed E-state index contributed by atoms with van der Waals surface area (Å²) in [7, 11) is 4.00. The van der Waals surface area contributed by atoms with E-state index < -0.39 is 0 Å². The van der Waals surface area contributed by atoms with Crippen LogP contribution in [0, 0.1) is 0 Å². The molecule has 0 bridgehead atoms. The number of nitrogens with zero attached hydrogens (tertiary/aromatic N) is 2. The standard InChI is InChI=1S/C16H26N4O/c1-19(2)9-8-18-16(21)15-5-3-4-14(12-15)13-20-10-6-17-7-11-20/h3-5,12,17H,6-11,13H2,1-2H3,(H,18,21). The smallest absolute Gasteiger partial charge is 0.251 e. The molecule has 0 atom stereocenters. The van der Waals surface area contributed by atoms with E-state index in [0.717, 1.165) is 44.8 Å². The molecule has 0 saturated carbocycles. The van der Waals surface area contributed by atoms with Crippen LogP contribution in [0.1, 0.15) is 15.9 Å². The Hall–Kier alpha value is -1.43. The summed E-state index contributed by atoms with van der Waals surface area (Å²) in [6.45, 7) is 6.68. The molecule has 116 valence electrons. The lowest BCUT2D eigenvalue weighted by Gasteiger charge is -2.27. The normalized spacial score (nSPS) is 16.1. The summed E-state index contributed by atoms with van der Waals surface area (Å²) < 4.78 is 0. The molecule has 0 spiro atoms. The van der Waals surface area contributed by atoms with Crippen LogP contribution in [0.4, 0.5) is 0 Å². The predicted molar refractivity (Wildman–Crippen MR) is 85.5 cm³/mol. The van der Waals surface area contributed by atoms with Crippen molar-refractivity contribution in [2.45, 2.75) is 6.54 Å². The lowest BCUT2D eigenvalue weighted by Crippen LogP contribution is -2.42. The predicted octanol–water partition coefficient (Wildman–Crippen LogP) is 0.383. The van der Waals surface area contributed by atoms with E-state index >= 15 is 0 Å². The molecule has 0 aliphatic carbocycles. The van der Waals surface area contributed by atoms with Crippen LogP contribution in [0.25, 0.3) is 0 Å². The summed E-state index contributed by atoms with van der Waals surface area (Å²) >= 11 is 0. The first-order valence-corrected chi connectivity index (χ1v) is 7.60. The van der Waals surface area contributed by atoms with Crippen molar-refractivity contribution in [2.24, 2.45) is 0 Å². The van der Waals surface area contributed by atoms with Gasteiger partial charge >= 0.3 is 0 Å². The fourth-order valence-corrected chi connectivity index (χ4v) is 2.43. The third-order valence-electron chi connectivity index (χ3n) is 3.65. The summed E-state index contributed by atoms with van der Waals surface area (Å²) in [4.78, 5) is 16.6. The van der Waals surface area contributed by atoms with E-state index in [2.05, 4.69) is 26.5 Å². The highest BCUT2D eigenvalue weighted by Crippen LogP contribution is 2.09. The summed E-state index contributed by atoms with van der Waals surface area (Å²) in [5.41, 5.74) is 1.96. The number of carbonyl (C=O) groups excluding carboxylic acids is 1. The molecule has 1 heterocycles. The molecule has 1 aromatic rings. The van der Waals surface area contributed by atoms with Crippen molar-refractivity contribution in [3.05, 3.63) is 35.4 Å². The van der Waals surface area contributed by atoms with Gasteiger partial charge in [0.05, 0.1) is 0 Å². The van der Waals surface area contributed by atoms with Crippen molar-refractivity contribution >= 4 is 5.91 Å². The number of piperazine rings is 1. The average Bonchev–Trinajstić information content (AvgIpc) is 2.48. The van der Waals surface area contributed by atoms with Crippen molar-refractivity contribution in [1.29, 1.82) is 0 Å². The fourth-order valence-electron chi connectivity index (χ4n) is 2.43. The monoisotopic (exact) mass is 290 g/mol. The van der Waals surface area contributed by atoms with Crippen molar-refractivity contribution < 1.29 is 4.79 Å². The molecule has 1 saturated heterocycles. The molecule has 0 radical (unpaired) electrons. The molecule has 1 amide bonds. The Labute approximate surface area is 127 Å². The second-order valence-electron chi connectivity index (χ2n) is 5.79. The van der Waals surface area contributed by atoms with Gasteiger partial charge in [0.15, 0.2) is 0 Å². The topological polar surface area (TPSA) is 47.6 Å². The Morgan fingerprint density at radius 2 is 2.10 bits per heavy atom. The second kappa shape index (κ2) is 8.12. The van der Waals surface area contributed by atoms with Crippen molar-refractivity contribution in [3.8, 4) is 0 Å². The van der Waals surface area contributed by atoms with E-state index in [9.17, 15) is 4.79 Å². The van der Waals surface area contributed by atoms with Crippen molar-refractivity contribution in [1.82, 2.24) is 20.4 Å². The summed E-state index contributed by atoms with van der Waals surface area (Å²) in [6.07, 6.45) is 0. The average molecular weight is 290 g/mol. The molecular formula is C16H26N4O. The van der Waals surface area contributed by atoms with Gasteiger partial charge in [0.25, 0.3) is 5.91 Å². The Kier molecular flexibility index (Phi) is 6.17. The van der Waals surface area contributed by atoms with Crippen LogP contribution >= 0.6 is 0 Å². The van der Waals surface area contributed by atoms with Crippen LogP contribution in [-0.4, -0.2) is 69.1 Å².